The van der Waals surface area contributed by atoms with Gasteiger partial charge in [-0.25, -0.2) is 0 Å². The van der Waals surface area contributed by atoms with Crippen LogP contribution >= 0.6 is 0 Å². The van der Waals surface area contributed by atoms with Crippen molar-refractivity contribution in [1.82, 2.24) is 0 Å². The topological polar surface area (TPSA) is 26.3 Å². The molecule has 0 aliphatic carbocycles. The van der Waals surface area contributed by atoms with Gasteiger partial charge >= 0.3 is 5.97 Å². The van der Waals surface area contributed by atoms with E-state index in [0.29, 0.717) is 13.0 Å². The molecular weight excluding hydrogens is 176 g/mol. The largest absolute Gasteiger partial charge is 0.465 e. The number of rotatable bonds is 5. The molecule has 0 saturated carbocycles. The third-order valence-corrected chi connectivity index (χ3v) is 1.74. The van der Waals surface area contributed by atoms with Crippen LogP contribution in [0.25, 0.3) is 0 Å². The van der Waals surface area contributed by atoms with Gasteiger partial charge in [0.15, 0.2) is 0 Å². The van der Waals surface area contributed by atoms with Gasteiger partial charge in [0.05, 0.1) is 0 Å². The van der Waals surface area contributed by atoms with E-state index in [-0.39, 0.29) is 5.97 Å². The van der Waals surface area contributed by atoms with Gasteiger partial charge in [0.2, 0.25) is 0 Å². The van der Waals surface area contributed by atoms with Crippen molar-refractivity contribution in [1.29, 1.82) is 0 Å². The molecule has 0 atom stereocenters. The highest BCUT2D eigenvalue weighted by Gasteiger charge is 1.91. The van der Waals surface area contributed by atoms with Crippen molar-refractivity contribution >= 4 is 5.97 Å². The van der Waals surface area contributed by atoms with Gasteiger partial charge in [0.1, 0.15) is 6.61 Å². The van der Waals surface area contributed by atoms with Crippen molar-refractivity contribution < 1.29 is 9.53 Å². The Balaban J connectivity index is 3.23. The van der Waals surface area contributed by atoms with Crippen LogP contribution in [0.5, 0.6) is 0 Å². The zero-order valence-corrected chi connectivity index (χ0v) is 9.43. The van der Waals surface area contributed by atoms with Crippen LogP contribution in [-0.2, 0) is 9.53 Å². The lowest BCUT2D eigenvalue weighted by molar-refractivity contribution is -0.140. The van der Waals surface area contributed by atoms with Gasteiger partial charge in [-0.2, -0.15) is 0 Å². The quantitative estimate of drug-likeness (QED) is 0.384. The van der Waals surface area contributed by atoms with Crippen molar-refractivity contribution in [3.8, 4) is 11.8 Å². The normalized spacial score (nSPS) is 9.43. The fraction of sp³-hybridized carbons (Fsp3) is 0.750. The molecule has 0 aliphatic heterocycles. The minimum Gasteiger partial charge on any atom is -0.465 e. The molecule has 0 aromatic heterocycles. The van der Waals surface area contributed by atoms with Crippen LogP contribution in [0.3, 0.4) is 0 Å². The summed E-state index contributed by atoms with van der Waals surface area (Å²) >= 11 is 0. The number of hydrogen-bond acceptors (Lipinski definition) is 2. The van der Waals surface area contributed by atoms with Crippen molar-refractivity contribution in [3.63, 3.8) is 0 Å². The zero-order chi connectivity index (χ0) is 10.8. The maximum absolute atomic E-state index is 10.4. The maximum atomic E-state index is 10.4. The second-order valence-corrected chi connectivity index (χ2v) is 3.73. The number of unbranched alkanes of at least 4 members (excludes halogenated alkanes) is 1. The first-order valence-electron chi connectivity index (χ1n) is 5.22. The van der Waals surface area contributed by atoms with E-state index in [1.165, 1.54) is 13.3 Å². The lowest BCUT2D eigenvalue weighted by Gasteiger charge is -1.99. The minimum atomic E-state index is -0.230. The van der Waals surface area contributed by atoms with Gasteiger partial charge in [-0.05, 0) is 12.3 Å². The summed E-state index contributed by atoms with van der Waals surface area (Å²) in [6.07, 6.45) is 4.01. The first kappa shape index (κ1) is 13.0. The lowest BCUT2D eigenvalue weighted by atomic mass is 10.1. The molecule has 2 heteroatoms. The first-order chi connectivity index (χ1) is 6.63. The van der Waals surface area contributed by atoms with E-state index >= 15 is 0 Å². The average molecular weight is 196 g/mol. The number of carbonyl (C=O) groups excluding carboxylic acids is 1. The van der Waals surface area contributed by atoms with E-state index < -0.39 is 0 Å². The number of hydrogen-bond donors (Lipinski definition) is 0. The second kappa shape index (κ2) is 8.62. The van der Waals surface area contributed by atoms with Crippen LogP contribution in [-0.4, -0.2) is 12.6 Å². The lowest BCUT2D eigenvalue weighted by Crippen LogP contribution is -1.98. The van der Waals surface area contributed by atoms with Crippen LogP contribution < -0.4 is 0 Å². The highest BCUT2D eigenvalue weighted by Crippen LogP contribution is 2.04. The van der Waals surface area contributed by atoms with Gasteiger partial charge in [-0.1, -0.05) is 26.2 Å². The number of esters is 1. The second-order valence-electron chi connectivity index (χ2n) is 3.73. The highest BCUT2D eigenvalue weighted by molar-refractivity contribution is 5.65. The predicted octanol–water partition coefficient (Wildman–Crippen LogP) is 2.77. The molecule has 0 amide bonds. The first-order valence-corrected chi connectivity index (χ1v) is 5.22. The number of ether oxygens (including phenoxy) is 1. The Morgan fingerprint density at radius 3 is 2.50 bits per heavy atom. The molecule has 0 aliphatic rings. The maximum Gasteiger partial charge on any atom is 0.302 e. The standard InChI is InChI=1S/C12H20O2/c1-11(2)9-7-5-4-6-8-10-14-12(3)13/h11H,5,7-10H2,1-3H3. The van der Waals surface area contributed by atoms with Crippen LogP contribution in [0.2, 0.25) is 0 Å². The van der Waals surface area contributed by atoms with Crippen LogP contribution in [0.15, 0.2) is 0 Å². The summed E-state index contributed by atoms with van der Waals surface area (Å²) in [4.78, 5) is 10.4. The third-order valence-electron chi connectivity index (χ3n) is 1.74. The zero-order valence-electron chi connectivity index (χ0n) is 9.43. The Morgan fingerprint density at radius 2 is 1.93 bits per heavy atom. The van der Waals surface area contributed by atoms with E-state index in [1.807, 2.05) is 0 Å². The molecule has 0 rings (SSSR count). The van der Waals surface area contributed by atoms with Crippen molar-refractivity contribution in [3.05, 3.63) is 0 Å². The fourth-order valence-corrected chi connectivity index (χ4v) is 1.02. The van der Waals surface area contributed by atoms with Crippen LogP contribution in [0.4, 0.5) is 0 Å². The SMILES string of the molecule is CC(=O)OCCC#CCCCC(C)C. The van der Waals surface area contributed by atoms with Gasteiger partial charge in [0.25, 0.3) is 0 Å². The van der Waals surface area contributed by atoms with E-state index in [2.05, 4.69) is 25.7 Å². The Bertz CT molecular complexity index is 208. The summed E-state index contributed by atoms with van der Waals surface area (Å²) < 4.78 is 4.75. The number of carbonyl (C=O) groups is 1. The predicted molar refractivity (Wildman–Crippen MR) is 57.7 cm³/mol. The fourth-order valence-electron chi connectivity index (χ4n) is 1.02. The molecule has 2 nitrogen and oxygen atoms in total. The van der Waals surface area contributed by atoms with Gasteiger partial charge in [-0.3, -0.25) is 4.79 Å². The summed E-state index contributed by atoms with van der Waals surface area (Å²) in [6.45, 7) is 6.27. The molecule has 0 fully saturated rings. The molecule has 0 aromatic carbocycles. The monoisotopic (exact) mass is 196 g/mol. The molecule has 0 radical (unpaired) electrons. The summed E-state index contributed by atoms with van der Waals surface area (Å²) in [5.41, 5.74) is 0. The van der Waals surface area contributed by atoms with Gasteiger partial charge in [-0.15, -0.1) is 5.92 Å². The smallest absolute Gasteiger partial charge is 0.302 e. The van der Waals surface area contributed by atoms with Crippen molar-refractivity contribution in [2.24, 2.45) is 5.92 Å². The molecule has 0 N–H and O–H groups in total. The van der Waals surface area contributed by atoms with E-state index in [0.717, 1.165) is 18.8 Å². The van der Waals surface area contributed by atoms with Gasteiger partial charge in [0, 0.05) is 19.8 Å². The minimum absolute atomic E-state index is 0.230. The molecule has 0 saturated heterocycles. The molecule has 14 heavy (non-hydrogen) atoms. The Hall–Kier alpha value is -0.970. The summed E-state index contributed by atoms with van der Waals surface area (Å²) in [7, 11) is 0. The third kappa shape index (κ3) is 11.0. The molecule has 0 bridgehead atoms. The molecule has 0 unspecified atom stereocenters. The Kier molecular flexibility index (Phi) is 8.02. The summed E-state index contributed by atoms with van der Waals surface area (Å²) in [6, 6.07) is 0. The van der Waals surface area contributed by atoms with Crippen molar-refractivity contribution in [2.45, 2.75) is 46.5 Å². The van der Waals surface area contributed by atoms with E-state index in [1.54, 1.807) is 0 Å². The Morgan fingerprint density at radius 1 is 1.29 bits per heavy atom. The molecular formula is C12H20O2. The average Bonchev–Trinajstić information content (AvgIpc) is 2.08. The highest BCUT2D eigenvalue weighted by atomic mass is 16.5. The van der Waals surface area contributed by atoms with Gasteiger partial charge < -0.3 is 4.74 Å². The molecule has 0 spiro atoms. The summed E-state index contributed by atoms with van der Waals surface area (Å²) in [5.74, 6) is 6.59. The molecule has 0 heterocycles. The van der Waals surface area contributed by atoms with Crippen LogP contribution in [0.1, 0.15) is 46.5 Å². The molecule has 0 aromatic rings. The molecule has 80 valence electrons. The van der Waals surface area contributed by atoms with Crippen molar-refractivity contribution in [2.75, 3.05) is 6.61 Å². The summed E-state index contributed by atoms with van der Waals surface area (Å²) in [5, 5.41) is 0. The van der Waals surface area contributed by atoms with Crippen LogP contribution in [0, 0.1) is 17.8 Å². The van der Waals surface area contributed by atoms with E-state index in [4.69, 9.17) is 4.74 Å². The Labute approximate surface area is 87.0 Å². The van der Waals surface area contributed by atoms with E-state index in [9.17, 15) is 4.79 Å².